The van der Waals surface area contributed by atoms with Crippen LogP contribution in [0.15, 0.2) is 24.3 Å². The van der Waals surface area contributed by atoms with E-state index < -0.39 is 0 Å². The molecule has 2 aliphatic rings. The zero-order valence-electron chi connectivity index (χ0n) is 11.9. The van der Waals surface area contributed by atoms with Crippen molar-refractivity contribution in [2.24, 2.45) is 0 Å². The number of hydrogen-bond donors (Lipinski definition) is 1. The first-order valence-electron chi connectivity index (χ1n) is 7.04. The first-order valence-corrected chi connectivity index (χ1v) is 8.08. The Morgan fingerprint density at radius 3 is 3.10 bits per heavy atom. The van der Waals surface area contributed by atoms with Gasteiger partial charge >= 0.3 is 0 Å². The maximum atomic E-state index is 12.5. The Morgan fingerprint density at radius 1 is 1.48 bits per heavy atom. The van der Waals surface area contributed by atoms with Gasteiger partial charge in [-0.2, -0.15) is 0 Å². The number of ether oxygens (including phenoxy) is 1. The molecule has 1 N–H and O–H groups in total. The number of amides is 2. The molecule has 112 valence electrons. The van der Waals surface area contributed by atoms with Crippen LogP contribution < -0.4 is 5.32 Å². The topological polar surface area (TPSA) is 58.6 Å². The van der Waals surface area contributed by atoms with E-state index in [0.29, 0.717) is 18.9 Å². The van der Waals surface area contributed by atoms with Gasteiger partial charge in [0, 0.05) is 31.6 Å². The molecule has 1 fully saturated rings. The predicted molar refractivity (Wildman–Crippen MR) is 81.1 cm³/mol. The Balaban J connectivity index is 1.68. The molecule has 1 saturated heterocycles. The van der Waals surface area contributed by atoms with E-state index in [1.165, 1.54) is 0 Å². The number of hydrogen-bond acceptors (Lipinski definition) is 4. The predicted octanol–water partition coefficient (Wildman–Crippen LogP) is 1.41. The number of methoxy groups -OCH3 is 1. The van der Waals surface area contributed by atoms with Gasteiger partial charge in [-0.1, -0.05) is 18.2 Å². The van der Waals surface area contributed by atoms with E-state index in [-0.39, 0.29) is 23.2 Å². The van der Waals surface area contributed by atoms with Crippen LogP contribution in [0.1, 0.15) is 27.7 Å². The molecular formula is C15H18N2O3S. The van der Waals surface area contributed by atoms with Gasteiger partial charge in [0.15, 0.2) is 0 Å². The number of rotatable bonds is 5. The quantitative estimate of drug-likeness (QED) is 0.836. The molecule has 1 unspecified atom stereocenters. The third-order valence-electron chi connectivity index (χ3n) is 3.82. The molecule has 0 aromatic heterocycles. The largest absolute Gasteiger partial charge is 0.385 e. The highest BCUT2D eigenvalue weighted by Crippen LogP contribution is 2.47. The van der Waals surface area contributed by atoms with Gasteiger partial charge in [-0.25, -0.2) is 0 Å². The molecule has 0 saturated carbocycles. The highest BCUT2D eigenvalue weighted by molar-refractivity contribution is 7.99. The van der Waals surface area contributed by atoms with Crippen LogP contribution in [0, 0.1) is 0 Å². The van der Waals surface area contributed by atoms with Crippen molar-refractivity contribution >= 4 is 23.6 Å². The van der Waals surface area contributed by atoms with Gasteiger partial charge in [0.05, 0.1) is 0 Å². The van der Waals surface area contributed by atoms with Crippen molar-refractivity contribution in [1.82, 2.24) is 10.2 Å². The minimum Gasteiger partial charge on any atom is -0.385 e. The van der Waals surface area contributed by atoms with Gasteiger partial charge in [0.2, 0.25) is 5.91 Å². The summed E-state index contributed by atoms with van der Waals surface area (Å²) in [5.41, 5.74) is 1.76. The van der Waals surface area contributed by atoms with E-state index >= 15 is 0 Å². The van der Waals surface area contributed by atoms with E-state index in [0.717, 1.165) is 17.5 Å². The molecule has 1 aromatic carbocycles. The van der Waals surface area contributed by atoms with Crippen molar-refractivity contribution in [2.45, 2.75) is 17.8 Å². The molecule has 2 aliphatic heterocycles. The van der Waals surface area contributed by atoms with Crippen LogP contribution in [0.25, 0.3) is 0 Å². The van der Waals surface area contributed by atoms with Crippen molar-refractivity contribution < 1.29 is 14.3 Å². The number of carbonyl (C=O) groups is 2. The van der Waals surface area contributed by atoms with Gasteiger partial charge < -0.3 is 15.0 Å². The first kappa shape index (κ1) is 14.4. The fourth-order valence-electron chi connectivity index (χ4n) is 2.79. The van der Waals surface area contributed by atoms with Crippen LogP contribution in [0.5, 0.6) is 0 Å². The lowest BCUT2D eigenvalue weighted by Gasteiger charge is -2.22. The van der Waals surface area contributed by atoms with Gasteiger partial charge in [0.1, 0.15) is 11.4 Å². The standard InChI is InChI=1S/C15H18N2O3S/c1-20-8-4-7-16-13(18)12-9-21-15-11-6-3-2-5-10(11)14(19)17(12)15/h2-3,5-6,12,15H,4,7-9H2,1H3,(H,16,18)/t12-,15?/m0/s1. The summed E-state index contributed by atoms with van der Waals surface area (Å²) >= 11 is 1.66. The first-order chi connectivity index (χ1) is 10.2. The van der Waals surface area contributed by atoms with Crippen LogP contribution in [0.2, 0.25) is 0 Å². The van der Waals surface area contributed by atoms with Gasteiger partial charge in [-0.3, -0.25) is 9.59 Å². The van der Waals surface area contributed by atoms with E-state index in [1.807, 2.05) is 24.3 Å². The average molecular weight is 306 g/mol. The summed E-state index contributed by atoms with van der Waals surface area (Å²) < 4.78 is 4.96. The Morgan fingerprint density at radius 2 is 2.29 bits per heavy atom. The smallest absolute Gasteiger partial charge is 0.256 e. The Kier molecular flexibility index (Phi) is 4.17. The minimum atomic E-state index is -0.373. The summed E-state index contributed by atoms with van der Waals surface area (Å²) in [5, 5.41) is 2.88. The molecule has 2 heterocycles. The molecule has 3 rings (SSSR count). The van der Waals surface area contributed by atoms with E-state index in [4.69, 9.17) is 4.74 Å². The van der Waals surface area contributed by atoms with Crippen LogP contribution in [0.4, 0.5) is 0 Å². The number of carbonyl (C=O) groups excluding carboxylic acids is 2. The summed E-state index contributed by atoms with van der Waals surface area (Å²) in [6.45, 7) is 1.20. The number of nitrogens with one attached hydrogen (secondary N) is 1. The van der Waals surface area contributed by atoms with Crippen molar-refractivity contribution in [1.29, 1.82) is 0 Å². The average Bonchev–Trinajstić information content (AvgIpc) is 3.05. The van der Waals surface area contributed by atoms with Crippen LogP contribution in [-0.4, -0.2) is 48.8 Å². The van der Waals surface area contributed by atoms with Crippen molar-refractivity contribution in [2.75, 3.05) is 26.0 Å². The molecule has 21 heavy (non-hydrogen) atoms. The normalized spacial score (nSPS) is 23.1. The SMILES string of the molecule is COCCCNC(=O)[C@@H]1CSC2c3ccccc3C(=O)N21. The van der Waals surface area contributed by atoms with E-state index in [9.17, 15) is 9.59 Å². The molecule has 0 bridgehead atoms. The summed E-state index contributed by atoms with van der Waals surface area (Å²) in [6, 6.07) is 7.24. The minimum absolute atomic E-state index is 0.0107. The van der Waals surface area contributed by atoms with Crippen LogP contribution in [-0.2, 0) is 9.53 Å². The lowest BCUT2D eigenvalue weighted by atomic mass is 10.1. The molecule has 6 heteroatoms. The third kappa shape index (κ3) is 2.53. The zero-order valence-corrected chi connectivity index (χ0v) is 12.7. The second-order valence-corrected chi connectivity index (χ2v) is 6.25. The molecule has 1 aromatic rings. The van der Waals surface area contributed by atoms with Crippen molar-refractivity contribution in [3.8, 4) is 0 Å². The summed E-state index contributed by atoms with van der Waals surface area (Å²) in [4.78, 5) is 26.5. The number of benzene rings is 1. The highest BCUT2D eigenvalue weighted by Gasteiger charge is 2.48. The Labute approximate surface area is 128 Å². The molecule has 2 atom stereocenters. The maximum absolute atomic E-state index is 12.5. The van der Waals surface area contributed by atoms with Gasteiger partial charge in [0.25, 0.3) is 5.91 Å². The fourth-order valence-corrected chi connectivity index (χ4v) is 4.25. The lowest BCUT2D eigenvalue weighted by Crippen LogP contribution is -2.46. The van der Waals surface area contributed by atoms with E-state index in [1.54, 1.807) is 23.8 Å². The second-order valence-electron chi connectivity index (χ2n) is 5.14. The van der Waals surface area contributed by atoms with Gasteiger partial charge in [-0.05, 0) is 18.1 Å². The molecular weight excluding hydrogens is 288 g/mol. The third-order valence-corrected chi connectivity index (χ3v) is 5.12. The van der Waals surface area contributed by atoms with Crippen molar-refractivity contribution in [3.63, 3.8) is 0 Å². The Bertz CT molecular complexity index is 564. The number of thioether (sulfide) groups is 1. The summed E-state index contributed by atoms with van der Waals surface area (Å²) in [5.74, 6) is 0.556. The number of nitrogens with zero attached hydrogens (tertiary/aromatic N) is 1. The molecule has 2 amide bonds. The van der Waals surface area contributed by atoms with Crippen molar-refractivity contribution in [3.05, 3.63) is 35.4 Å². The fraction of sp³-hybridized carbons (Fsp3) is 0.467. The lowest BCUT2D eigenvalue weighted by molar-refractivity contribution is -0.124. The summed E-state index contributed by atoms with van der Waals surface area (Å²) in [7, 11) is 1.64. The van der Waals surface area contributed by atoms with E-state index in [2.05, 4.69) is 5.32 Å². The maximum Gasteiger partial charge on any atom is 0.256 e. The molecule has 0 spiro atoms. The Hall–Kier alpha value is -1.53. The summed E-state index contributed by atoms with van der Waals surface area (Å²) in [6.07, 6.45) is 0.777. The zero-order chi connectivity index (χ0) is 14.8. The highest BCUT2D eigenvalue weighted by atomic mass is 32.2. The van der Waals surface area contributed by atoms with Crippen LogP contribution >= 0.6 is 11.8 Å². The molecule has 0 aliphatic carbocycles. The van der Waals surface area contributed by atoms with Gasteiger partial charge in [-0.15, -0.1) is 11.8 Å². The molecule has 5 nitrogen and oxygen atoms in total. The number of fused-ring (bicyclic) bond motifs is 3. The van der Waals surface area contributed by atoms with Crippen LogP contribution in [0.3, 0.4) is 0 Å². The monoisotopic (exact) mass is 306 g/mol. The molecule has 0 radical (unpaired) electrons. The second kappa shape index (κ2) is 6.07.